The molecular formula is C21H20N4O4S. The highest BCUT2D eigenvalue weighted by atomic mass is 32.1. The maximum absolute atomic E-state index is 12.7. The van der Waals surface area contributed by atoms with Gasteiger partial charge in [-0.2, -0.15) is 5.10 Å². The van der Waals surface area contributed by atoms with Crippen LogP contribution in [-0.4, -0.2) is 32.9 Å². The van der Waals surface area contributed by atoms with Gasteiger partial charge in [0.15, 0.2) is 11.9 Å². The number of nitrogens with zero attached hydrogens (tertiary/aromatic N) is 3. The van der Waals surface area contributed by atoms with E-state index in [4.69, 9.17) is 9.26 Å². The van der Waals surface area contributed by atoms with Gasteiger partial charge in [-0.3, -0.25) is 4.79 Å². The van der Waals surface area contributed by atoms with Gasteiger partial charge in [0, 0.05) is 11.5 Å². The molecule has 0 aliphatic heterocycles. The molecule has 0 saturated carbocycles. The highest BCUT2D eigenvalue weighted by molar-refractivity contribution is 7.20. The summed E-state index contributed by atoms with van der Waals surface area (Å²) < 4.78 is 12.2. The third-order valence-electron chi connectivity index (χ3n) is 4.54. The zero-order valence-corrected chi connectivity index (χ0v) is 17.5. The Morgan fingerprint density at radius 1 is 1.23 bits per heavy atom. The van der Waals surface area contributed by atoms with Crippen molar-refractivity contribution >= 4 is 39.2 Å². The van der Waals surface area contributed by atoms with Crippen LogP contribution in [0.4, 0.5) is 5.82 Å². The number of fused-ring (bicyclic) bond motifs is 1. The smallest absolute Gasteiger partial charge is 0.349 e. The van der Waals surface area contributed by atoms with E-state index in [9.17, 15) is 9.59 Å². The Bertz CT molecular complexity index is 1210. The number of aromatic nitrogens is 3. The van der Waals surface area contributed by atoms with E-state index >= 15 is 0 Å². The number of hydrogen-bond donors (Lipinski definition) is 1. The molecular weight excluding hydrogens is 404 g/mol. The van der Waals surface area contributed by atoms with Gasteiger partial charge in [0.25, 0.3) is 5.91 Å². The van der Waals surface area contributed by atoms with Gasteiger partial charge >= 0.3 is 5.97 Å². The van der Waals surface area contributed by atoms with Crippen LogP contribution in [0.3, 0.4) is 0 Å². The van der Waals surface area contributed by atoms with Gasteiger partial charge in [0.05, 0.1) is 11.4 Å². The summed E-state index contributed by atoms with van der Waals surface area (Å²) in [5, 5.41) is 11.8. The molecule has 0 radical (unpaired) electrons. The third kappa shape index (κ3) is 3.84. The summed E-state index contributed by atoms with van der Waals surface area (Å²) in [6.45, 7) is 5.39. The standard InChI is InChI=1S/C21H20N4O4S/c1-4-16(19(26)22-18-10-12(2)29-24-18)28-21(27)17-11-15-13(3)23-25(20(15)30-17)14-8-6-5-7-9-14/h5-11,16H,4H2,1-3H3,(H,22,24,26). The second kappa shape index (κ2) is 8.11. The van der Waals surface area contributed by atoms with Crippen LogP contribution in [0.5, 0.6) is 0 Å². The SMILES string of the molecule is CCC(OC(=O)c1cc2c(C)nn(-c3ccccc3)c2s1)C(=O)Nc1cc(C)on1. The third-order valence-corrected chi connectivity index (χ3v) is 5.63. The molecule has 1 aromatic carbocycles. The molecule has 0 bridgehead atoms. The summed E-state index contributed by atoms with van der Waals surface area (Å²) in [6, 6.07) is 13.1. The van der Waals surface area contributed by atoms with Crippen molar-refractivity contribution in [2.75, 3.05) is 5.32 Å². The molecule has 0 fully saturated rings. The van der Waals surface area contributed by atoms with Crippen LogP contribution in [0.15, 0.2) is 47.0 Å². The van der Waals surface area contributed by atoms with E-state index in [1.165, 1.54) is 11.3 Å². The van der Waals surface area contributed by atoms with Gasteiger partial charge in [-0.1, -0.05) is 30.3 Å². The van der Waals surface area contributed by atoms with Crippen molar-refractivity contribution in [2.45, 2.75) is 33.3 Å². The number of carbonyl (C=O) groups excluding carboxylic acids is 2. The van der Waals surface area contributed by atoms with Gasteiger partial charge in [0.1, 0.15) is 15.5 Å². The predicted octanol–water partition coefficient (Wildman–Crippen LogP) is 4.27. The van der Waals surface area contributed by atoms with Crippen molar-refractivity contribution in [1.82, 2.24) is 14.9 Å². The second-order valence-corrected chi connectivity index (χ2v) is 7.81. The molecule has 1 atom stereocenters. The largest absolute Gasteiger partial charge is 0.448 e. The Balaban J connectivity index is 1.54. The molecule has 8 nitrogen and oxygen atoms in total. The first-order valence-corrected chi connectivity index (χ1v) is 10.3. The average Bonchev–Trinajstić information content (AvgIpc) is 3.43. The van der Waals surface area contributed by atoms with E-state index in [1.54, 1.807) is 26.0 Å². The Kier molecular flexibility index (Phi) is 5.37. The Morgan fingerprint density at radius 3 is 2.67 bits per heavy atom. The van der Waals surface area contributed by atoms with Crippen molar-refractivity contribution in [3.8, 4) is 5.69 Å². The summed E-state index contributed by atoms with van der Waals surface area (Å²) in [6.07, 6.45) is -0.609. The fourth-order valence-electron chi connectivity index (χ4n) is 3.03. The lowest BCUT2D eigenvalue weighted by Gasteiger charge is -2.14. The Labute approximate surface area is 176 Å². The predicted molar refractivity (Wildman–Crippen MR) is 113 cm³/mol. The van der Waals surface area contributed by atoms with E-state index in [2.05, 4.69) is 15.6 Å². The van der Waals surface area contributed by atoms with Gasteiger partial charge in [-0.15, -0.1) is 11.3 Å². The number of anilines is 1. The summed E-state index contributed by atoms with van der Waals surface area (Å²) in [5.41, 5.74) is 1.72. The van der Waals surface area contributed by atoms with Crippen molar-refractivity contribution < 1.29 is 18.8 Å². The number of nitrogens with one attached hydrogen (secondary N) is 1. The van der Waals surface area contributed by atoms with Crippen LogP contribution < -0.4 is 5.32 Å². The minimum Gasteiger partial charge on any atom is -0.448 e. The van der Waals surface area contributed by atoms with E-state index < -0.39 is 18.0 Å². The van der Waals surface area contributed by atoms with Crippen molar-refractivity contribution in [3.05, 3.63) is 58.8 Å². The van der Waals surface area contributed by atoms with Crippen molar-refractivity contribution in [2.24, 2.45) is 0 Å². The van der Waals surface area contributed by atoms with Gasteiger partial charge < -0.3 is 14.6 Å². The number of esters is 1. The highest BCUT2D eigenvalue weighted by Gasteiger charge is 2.25. The van der Waals surface area contributed by atoms with E-state index in [1.807, 2.05) is 41.9 Å². The molecule has 30 heavy (non-hydrogen) atoms. The molecule has 0 aliphatic rings. The molecule has 4 aromatic rings. The second-order valence-electron chi connectivity index (χ2n) is 6.78. The van der Waals surface area contributed by atoms with Crippen LogP contribution in [0, 0.1) is 13.8 Å². The number of carbonyl (C=O) groups is 2. The van der Waals surface area contributed by atoms with E-state index in [0.717, 1.165) is 21.6 Å². The monoisotopic (exact) mass is 424 g/mol. The Morgan fingerprint density at radius 2 is 2.00 bits per heavy atom. The molecule has 0 aliphatic carbocycles. The molecule has 9 heteroatoms. The molecule has 1 N–H and O–H groups in total. The Hall–Kier alpha value is -3.46. The van der Waals surface area contributed by atoms with Crippen LogP contribution >= 0.6 is 11.3 Å². The first kappa shape index (κ1) is 19.8. The van der Waals surface area contributed by atoms with Crippen LogP contribution in [0.2, 0.25) is 0 Å². The molecule has 154 valence electrons. The number of thiophene rings is 1. The normalized spacial score (nSPS) is 12.1. The maximum Gasteiger partial charge on any atom is 0.349 e. The first-order valence-electron chi connectivity index (χ1n) is 9.46. The van der Waals surface area contributed by atoms with Gasteiger partial charge in [-0.25, -0.2) is 9.48 Å². The van der Waals surface area contributed by atoms with E-state index in [0.29, 0.717) is 17.1 Å². The number of amides is 1. The topological polar surface area (TPSA) is 99.2 Å². The molecule has 1 amide bonds. The van der Waals surface area contributed by atoms with Gasteiger partial charge in [0.2, 0.25) is 0 Å². The summed E-state index contributed by atoms with van der Waals surface area (Å²) >= 11 is 1.29. The number of benzene rings is 1. The molecule has 0 spiro atoms. The lowest BCUT2D eigenvalue weighted by atomic mass is 10.2. The zero-order chi connectivity index (χ0) is 21.3. The molecule has 3 heterocycles. The van der Waals surface area contributed by atoms with E-state index in [-0.39, 0.29) is 5.82 Å². The summed E-state index contributed by atoms with van der Waals surface area (Å²) in [7, 11) is 0. The molecule has 0 saturated heterocycles. The maximum atomic E-state index is 12.7. The first-order chi connectivity index (χ1) is 14.5. The highest BCUT2D eigenvalue weighted by Crippen LogP contribution is 2.31. The lowest BCUT2D eigenvalue weighted by molar-refractivity contribution is -0.124. The van der Waals surface area contributed by atoms with Crippen LogP contribution in [0.25, 0.3) is 15.9 Å². The lowest BCUT2D eigenvalue weighted by Crippen LogP contribution is -2.32. The quantitative estimate of drug-likeness (QED) is 0.464. The van der Waals surface area contributed by atoms with Gasteiger partial charge in [-0.05, 0) is 38.5 Å². The van der Waals surface area contributed by atoms with Crippen LogP contribution in [0.1, 0.15) is 34.5 Å². The molecule has 3 aromatic heterocycles. The zero-order valence-electron chi connectivity index (χ0n) is 16.7. The van der Waals surface area contributed by atoms with Crippen LogP contribution in [-0.2, 0) is 9.53 Å². The fourth-order valence-corrected chi connectivity index (χ4v) is 4.10. The number of rotatable bonds is 6. The van der Waals surface area contributed by atoms with Crippen molar-refractivity contribution in [3.63, 3.8) is 0 Å². The minimum absolute atomic E-state index is 0.285. The van der Waals surface area contributed by atoms with Crippen molar-refractivity contribution in [1.29, 1.82) is 0 Å². The fraction of sp³-hybridized carbons (Fsp3) is 0.238. The number of para-hydroxylation sites is 1. The molecule has 1 unspecified atom stereocenters. The summed E-state index contributed by atoms with van der Waals surface area (Å²) in [5.74, 6) is -0.142. The number of ether oxygens (including phenoxy) is 1. The summed E-state index contributed by atoms with van der Waals surface area (Å²) in [4.78, 5) is 26.5. The number of hydrogen-bond acceptors (Lipinski definition) is 7. The molecule has 4 rings (SSSR count). The number of aryl methyl sites for hydroxylation is 2. The average molecular weight is 424 g/mol. The minimum atomic E-state index is -0.938.